The van der Waals surface area contributed by atoms with Crippen LogP contribution in [0.5, 0.6) is 0 Å². The number of nitrogens with one attached hydrogen (secondary N) is 1. The molecule has 0 saturated carbocycles. The summed E-state index contributed by atoms with van der Waals surface area (Å²) in [6, 6.07) is 3.71. The van der Waals surface area contributed by atoms with Gasteiger partial charge in [0, 0.05) is 30.7 Å². The van der Waals surface area contributed by atoms with Crippen molar-refractivity contribution < 1.29 is 19.1 Å². The standard InChI is InChI=1S/C20H26BrN3O4/c1-19(2,3)28-18(26)23-20(4,5)12-24-11-14(13-7-9-22-10-8-13)15(21)16(24)17(25)27-6/h7-11H,12H2,1-6H3,(H,23,26). The Morgan fingerprint density at radius 1 is 1.18 bits per heavy atom. The van der Waals surface area contributed by atoms with E-state index in [0.717, 1.165) is 11.1 Å². The molecule has 152 valence electrons. The van der Waals surface area contributed by atoms with Crippen molar-refractivity contribution >= 4 is 28.0 Å². The second kappa shape index (κ2) is 8.34. The lowest BCUT2D eigenvalue weighted by atomic mass is 10.1. The maximum atomic E-state index is 12.4. The van der Waals surface area contributed by atoms with Gasteiger partial charge in [-0.3, -0.25) is 4.98 Å². The number of carbonyl (C=O) groups is 2. The Hall–Kier alpha value is -2.35. The summed E-state index contributed by atoms with van der Waals surface area (Å²) in [5, 5.41) is 2.85. The number of hydrogen-bond acceptors (Lipinski definition) is 5. The van der Waals surface area contributed by atoms with Crippen molar-refractivity contribution in [2.24, 2.45) is 0 Å². The van der Waals surface area contributed by atoms with Crippen LogP contribution in [0.15, 0.2) is 35.2 Å². The zero-order chi connectivity index (χ0) is 21.1. The van der Waals surface area contributed by atoms with Crippen molar-refractivity contribution in [3.8, 4) is 11.1 Å². The monoisotopic (exact) mass is 451 g/mol. The Kier molecular flexibility index (Phi) is 6.54. The minimum Gasteiger partial charge on any atom is -0.464 e. The number of alkyl carbamates (subject to hydrolysis) is 1. The molecule has 0 atom stereocenters. The summed E-state index contributed by atoms with van der Waals surface area (Å²) < 4.78 is 12.7. The molecule has 0 aliphatic carbocycles. The molecule has 2 aromatic rings. The van der Waals surface area contributed by atoms with E-state index in [9.17, 15) is 9.59 Å². The van der Waals surface area contributed by atoms with Crippen LogP contribution < -0.4 is 5.32 Å². The lowest BCUT2D eigenvalue weighted by Gasteiger charge is -2.29. The average Bonchev–Trinajstić information content (AvgIpc) is 2.88. The first-order chi connectivity index (χ1) is 12.9. The van der Waals surface area contributed by atoms with Gasteiger partial charge < -0.3 is 19.4 Å². The molecule has 8 heteroatoms. The number of rotatable bonds is 5. The molecule has 2 rings (SSSR count). The van der Waals surface area contributed by atoms with Gasteiger partial charge in [0.2, 0.25) is 0 Å². The quantitative estimate of drug-likeness (QED) is 0.680. The summed E-state index contributed by atoms with van der Waals surface area (Å²) in [5.41, 5.74) is 0.828. The molecule has 2 heterocycles. The lowest BCUT2D eigenvalue weighted by Crippen LogP contribution is -2.48. The van der Waals surface area contributed by atoms with Gasteiger partial charge in [0.1, 0.15) is 11.3 Å². The van der Waals surface area contributed by atoms with Crippen LogP contribution in [-0.2, 0) is 16.0 Å². The molecule has 0 saturated heterocycles. The fraction of sp³-hybridized carbons (Fsp3) is 0.450. The molecule has 28 heavy (non-hydrogen) atoms. The Balaban J connectivity index is 2.36. The van der Waals surface area contributed by atoms with E-state index in [1.165, 1.54) is 7.11 Å². The van der Waals surface area contributed by atoms with E-state index in [-0.39, 0.29) is 0 Å². The second-order valence-electron chi connectivity index (χ2n) is 8.07. The highest BCUT2D eigenvalue weighted by Gasteiger charge is 2.29. The van der Waals surface area contributed by atoms with Crippen molar-refractivity contribution in [2.45, 2.75) is 52.3 Å². The predicted octanol–water partition coefficient (Wildman–Crippen LogP) is 4.40. The second-order valence-corrected chi connectivity index (χ2v) is 8.86. The third kappa shape index (κ3) is 5.58. The van der Waals surface area contributed by atoms with Crippen LogP contribution in [0.4, 0.5) is 4.79 Å². The molecular formula is C20H26BrN3O4. The lowest BCUT2D eigenvalue weighted by molar-refractivity contribution is 0.0463. The molecule has 0 spiro atoms. The molecule has 0 aromatic carbocycles. The summed E-state index contributed by atoms with van der Waals surface area (Å²) in [6.45, 7) is 9.47. The minimum atomic E-state index is -0.681. The predicted molar refractivity (Wildman–Crippen MR) is 110 cm³/mol. The van der Waals surface area contributed by atoms with Gasteiger partial charge in [0.05, 0.1) is 17.1 Å². The summed E-state index contributed by atoms with van der Waals surface area (Å²) in [5.74, 6) is -0.472. The molecular weight excluding hydrogens is 426 g/mol. The summed E-state index contributed by atoms with van der Waals surface area (Å²) in [4.78, 5) is 28.6. The van der Waals surface area contributed by atoms with Gasteiger partial charge in [0.15, 0.2) is 0 Å². The summed E-state index contributed by atoms with van der Waals surface area (Å²) in [7, 11) is 1.34. The van der Waals surface area contributed by atoms with Crippen LogP contribution in [0.1, 0.15) is 45.1 Å². The van der Waals surface area contributed by atoms with Crippen molar-refractivity contribution in [1.82, 2.24) is 14.9 Å². The largest absolute Gasteiger partial charge is 0.464 e. The number of methoxy groups -OCH3 is 1. The molecule has 0 aliphatic heterocycles. The van der Waals surface area contributed by atoms with E-state index in [2.05, 4.69) is 26.2 Å². The van der Waals surface area contributed by atoms with Crippen molar-refractivity contribution in [2.75, 3.05) is 7.11 Å². The van der Waals surface area contributed by atoms with Gasteiger partial charge in [-0.05, 0) is 68.2 Å². The number of hydrogen-bond donors (Lipinski definition) is 1. The number of halogens is 1. The van der Waals surface area contributed by atoms with Crippen LogP contribution in [0.25, 0.3) is 11.1 Å². The molecule has 1 N–H and O–H groups in total. The first-order valence-electron chi connectivity index (χ1n) is 8.82. The highest BCUT2D eigenvalue weighted by molar-refractivity contribution is 9.10. The maximum Gasteiger partial charge on any atom is 0.408 e. The fourth-order valence-corrected chi connectivity index (χ4v) is 3.46. The molecule has 0 fully saturated rings. The molecule has 2 aromatic heterocycles. The highest BCUT2D eigenvalue weighted by atomic mass is 79.9. The van der Waals surface area contributed by atoms with Crippen LogP contribution in [0.3, 0.4) is 0 Å². The van der Waals surface area contributed by atoms with Crippen molar-refractivity contribution in [3.63, 3.8) is 0 Å². The number of ether oxygens (including phenoxy) is 2. The number of aromatic nitrogens is 2. The van der Waals surface area contributed by atoms with Gasteiger partial charge in [-0.25, -0.2) is 9.59 Å². The van der Waals surface area contributed by atoms with E-state index in [1.54, 1.807) is 37.7 Å². The first kappa shape index (κ1) is 21.9. The third-order valence-electron chi connectivity index (χ3n) is 3.79. The topological polar surface area (TPSA) is 82.5 Å². The van der Waals surface area contributed by atoms with Crippen LogP contribution in [0, 0.1) is 0 Å². The molecule has 0 radical (unpaired) electrons. The van der Waals surface area contributed by atoms with Gasteiger partial charge in [-0.2, -0.15) is 0 Å². The van der Waals surface area contributed by atoms with Crippen molar-refractivity contribution in [1.29, 1.82) is 0 Å². The SMILES string of the molecule is COC(=O)c1c(Br)c(-c2ccncc2)cn1CC(C)(C)NC(=O)OC(C)(C)C. The van der Waals surface area contributed by atoms with E-state index in [0.29, 0.717) is 16.7 Å². The smallest absolute Gasteiger partial charge is 0.408 e. The van der Waals surface area contributed by atoms with Gasteiger partial charge in [0.25, 0.3) is 0 Å². The number of amides is 1. The zero-order valence-electron chi connectivity index (χ0n) is 17.0. The third-order valence-corrected chi connectivity index (χ3v) is 4.59. The Morgan fingerprint density at radius 3 is 2.32 bits per heavy atom. The first-order valence-corrected chi connectivity index (χ1v) is 9.61. The van der Waals surface area contributed by atoms with Gasteiger partial charge in [-0.15, -0.1) is 0 Å². The maximum absolute atomic E-state index is 12.4. The molecule has 1 amide bonds. The number of carbonyl (C=O) groups excluding carboxylic acids is 2. The van der Waals surface area contributed by atoms with E-state index in [4.69, 9.17) is 9.47 Å². The molecule has 0 unspecified atom stereocenters. The Labute approximate surface area is 173 Å². The molecule has 0 aliphatic rings. The Bertz CT molecular complexity index is 854. The normalized spacial score (nSPS) is 11.8. The van der Waals surface area contributed by atoms with Crippen LogP contribution >= 0.6 is 15.9 Å². The fourth-order valence-electron chi connectivity index (χ4n) is 2.74. The number of pyridine rings is 1. The van der Waals surface area contributed by atoms with E-state index >= 15 is 0 Å². The average molecular weight is 452 g/mol. The Morgan fingerprint density at radius 2 is 1.79 bits per heavy atom. The molecule has 0 bridgehead atoms. The van der Waals surface area contributed by atoms with Crippen LogP contribution in [-0.4, -0.2) is 39.9 Å². The highest BCUT2D eigenvalue weighted by Crippen LogP contribution is 2.34. The van der Waals surface area contributed by atoms with E-state index < -0.39 is 23.2 Å². The summed E-state index contributed by atoms with van der Waals surface area (Å²) in [6.07, 6.45) is 4.71. The number of nitrogens with zero attached hydrogens (tertiary/aromatic N) is 2. The van der Waals surface area contributed by atoms with Crippen LogP contribution in [0.2, 0.25) is 0 Å². The number of esters is 1. The minimum absolute atomic E-state index is 0.334. The van der Waals surface area contributed by atoms with E-state index in [1.807, 2.05) is 32.2 Å². The van der Waals surface area contributed by atoms with Gasteiger partial charge in [-0.1, -0.05) is 0 Å². The van der Waals surface area contributed by atoms with Crippen molar-refractivity contribution in [3.05, 3.63) is 40.9 Å². The van der Waals surface area contributed by atoms with Gasteiger partial charge >= 0.3 is 12.1 Å². The zero-order valence-corrected chi connectivity index (χ0v) is 18.6. The summed E-state index contributed by atoms with van der Waals surface area (Å²) >= 11 is 3.52. The molecule has 7 nitrogen and oxygen atoms in total.